The molecule has 3 amide bonds. The molecule has 0 unspecified atom stereocenters. The van der Waals surface area contributed by atoms with Crippen molar-refractivity contribution in [2.75, 3.05) is 24.1 Å². The van der Waals surface area contributed by atoms with Gasteiger partial charge in [0.2, 0.25) is 11.8 Å². The highest BCUT2D eigenvalue weighted by Gasteiger charge is 2.31. The molecule has 0 spiro atoms. The Hall–Kier alpha value is -3.55. The van der Waals surface area contributed by atoms with Crippen LogP contribution in [0, 0.1) is 13.8 Å². The number of hydrogen-bond donors (Lipinski definition) is 3. The molecule has 2 aromatic carbocycles. The Bertz CT molecular complexity index is 1010. The average molecular weight is 425 g/mol. The van der Waals surface area contributed by atoms with Gasteiger partial charge in [0.25, 0.3) is 5.91 Å². The number of nitrogens with one attached hydrogen (secondary N) is 2. The second-order valence-corrected chi connectivity index (χ2v) is 7.65. The second kappa shape index (κ2) is 9.07. The lowest BCUT2D eigenvalue weighted by Gasteiger charge is -2.21. The summed E-state index contributed by atoms with van der Waals surface area (Å²) in [5.41, 5.74) is 8.99. The van der Waals surface area contributed by atoms with E-state index in [0.717, 1.165) is 11.1 Å². The number of carbonyl (C=O) groups excluding carboxylic acids is 3. The van der Waals surface area contributed by atoms with Crippen LogP contribution in [0.3, 0.4) is 0 Å². The first kappa shape index (κ1) is 22.1. The number of ether oxygens (including phenoxy) is 1. The number of rotatable bonds is 6. The van der Waals surface area contributed by atoms with Crippen molar-refractivity contribution in [1.29, 1.82) is 0 Å². The quantitative estimate of drug-likeness (QED) is 0.617. The summed E-state index contributed by atoms with van der Waals surface area (Å²) in [4.78, 5) is 39.6. The summed E-state index contributed by atoms with van der Waals surface area (Å²) in [7, 11) is 0. The van der Waals surface area contributed by atoms with E-state index in [-0.39, 0.29) is 29.3 Å². The van der Waals surface area contributed by atoms with Crippen molar-refractivity contribution in [3.8, 4) is 11.5 Å². The molecule has 1 atom stereocenters. The molecule has 0 aromatic heterocycles. The fraction of sp³-hybridized carbons (Fsp3) is 0.348. The summed E-state index contributed by atoms with van der Waals surface area (Å²) < 4.78 is 5.93. The topological polar surface area (TPSA) is 114 Å². The summed E-state index contributed by atoms with van der Waals surface area (Å²) in [6.07, 6.45) is -0.116. The van der Waals surface area contributed by atoms with Gasteiger partial charge in [-0.25, -0.2) is 0 Å². The van der Waals surface area contributed by atoms with Crippen molar-refractivity contribution in [2.24, 2.45) is 0 Å². The van der Waals surface area contributed by atoms with Crippen LogP contribution in [0.25, 0.3) is 0 Å². The fourth-order valence-corrected chi connectivity index (χ4v) is 3.64. The summed E-state index contributed by atoms with van der Waals surface area (Å²) in [5, 5.41) is 5.36. The van der Waals surface area contributed by atoms with Gasteiger partial charge in [-0.2, -0.15) is 0 Å². The van der Waals surface area contributed by atoms with E-state index in [1.807, 2.05) is 45.9 Å². The number of hydrogen-bond acceptors (Lipinski definition) is 5. The normalized spacial score (nSPS) is 15.4. The number of nitrogens with two attached hydrogens (primary N) is 1. The number of carbonyl (C=O) groups is 3. The third-order valence-corrected chi connectivity index (χ3v) is 5.19. The van der Waals surface area contributed by atoms with Gasteiger partial charge in [0.15, 0.2) is 5.75 Å². The zero-order valence-corrected chi connectivity index (χ0v) is 18.2. The third-order valence-electron chi connectivity index (χ3n) is 5.19. The maximum Gasteiger partial charge on any atom is 0.254 e. The van der Waals surface area contributed by atoms with E-state index in [9.17, 15) is 14.4 Å². The summed E-state index contributed by atoms with van der Waals surface area (Å²) >= 11 is 0. The smallest absolute Gasteiger partial charge is 0.254 e. The highest BCUT2D eigenvalue weighted by molar-refractivity contribution is 6.11. The van der Waals surface area contributed by atoms with Crippen molar-refractivity contribution in [1.82, 2.24) is 10.2 Å². The van der Waals surface area contributed by atoms with Crippen molar-refractivity contribution in [3.05, 3.63) is 47.0 Å². The minimum atomic E-state index is -0.974. The number of benzene rings is 2. The molecule has 164 valence electrons. The maximum absolute atomic E-state index is 12.9. The molecule has 0 fully saturated rings. The lowest BCUT2D eigenvalue weighted by Crippen LogP contribution is -2.45. The summed E-state index contributed by atoms with van der Waals surface area (Å²) in [6, 6.07) is 7.80. The van der Waals surface area contributed by atoms with Gasteiger partial charge in [-0.3, -0.25) is 14.4 Å². The first-order valence-electron chi connectivity index (χ1n) is 10.3. The first-order chi connectivity index (χ1) is 14.7. The van der Waals surface area contributed by atoms with Gasteiger partial charge < -0.3 is 26.0 Å². The van der Waals surface area contributed by atoms with Crippen LogP contribution in [0.5, 0.6) is 11.5 Å². The standard InChI is InChI=1S/C23H28N4O4/c1-5-27(6-2)21(28)12-19-23(30)25-18-11-17(24)20(10-16(18)22(29)26-19)31-15-8-13(3)7-14(4)9-15/h7-11,19H,5-6,12,24H2,1-4H3,(H,25,30)(H,26,29)/t19-/m0/s1. The number of nitrogen functional groups attached to an aromatic ring is 1. The van der Waals surface area contributed by atoms with E-state index in [2.05, 4.69) is 10.6 Å². The zero-order chi connectivity index (χ0) is 22.7. The van der Waals surface area contributed by atoms with Gasteiger partial charge >= 0.3 is 0 Å². The van der Waals surface area contributed by atoms with Crippen LogP contribution < -0.4 is 21.1 Å². The number of fused-ring (bicyclic) bond motifs is 1. The van der Waals surface area contributed by atoms with Gasteiger partial charge in [-0.1, -0.05) is 6.07 Å². The highest BCUT2D eigenvalue weighted by Crippen LogP contribution is 2.34. The number of amides is 3. The molecule has 0 bridgehead atoms. The Kier molecular flexibility index (Phi) is 6.48. The van der Waals surface area contributed by atoms with E-state index < -0.39 is 17.9 Å². The fourth-order valence-electron chi connectivity index (χ4n) is 3.64. The Morgan fingerprint density at radius 3 is 2.32 bits per heavy atom. The molecule has 1 aliphatic rings. The van der Waals surface area contributed by atoms with E-state index in [0.29, 0.717) is 24.6 Å². The van der Waals surface area contributed by atoms with Crippen LogP contribution in [0.4, 0.5) is 11.4 Å². The average Bonchev–Trinajstić information content (AvgIpc) is 2.79. The lowest BCUT2D eigenvalue weighted by molar-refractivity contribution is -0.133. The predicted octanol–water partition coefficient (Wildman–Crippen LogP) is 2.99. The Balaban J connectivity index is 1.86. The summed E-state index contributed by atoms with van der Waals surface area (Å²) in [6.45, 7) is 8.72. The molecule has 8 nitrogen and oxygen atoms in total. The van der Waals surface area contributed by atoms with Crippen molar-refractivity contribution in [3.63, 3.8) is 0 Å². The molecule has 31 heavy (non-hydrogen) atoms. The largest absolute Gasteiger partial charge is 0.455 e. The molecular formula is C23H28N4O4. The van der Waals surface area contributed by atoms with Crippen LogP contribution >= 0.6 is 0 Å². The van der Waals surface area contributed by atoms with Crippen LogP contribution in [-0.4, -0.2) is 41.8 Å². The molecule has 1 aliphatic heterocycles. The first-order valence-corrected chi connectivity index (χ1v) is 10.3. The van der Waals surface area contributed by atoms with Gasteiger partial charge in [0.1, 0.15) is 11.8 Å². The van der Waals surface area contributed by atoms with E-state index in [4.69, 9.17) is 10.5 Å². The lowest BCUT2D eigenvalue weighted by atomic mass is 10.1. The van der Waals surface area contributed by atoms with Gasteiger partial charge in [-0.15, -0.1) is 0 Å². The molecule has 8 heteroatoms. The number of nitrogens with zero attached hydrogens (tertiary/aromatic N) is 1. The molecular weight excluding hydrogens is 396 g/mol. The SMILES string of the molecule is CCN(CC)C(=O)C[C@@H]1NC(=O)c2cc(Oc3cc(C)cc(C)c3)c(N)cc2NC1=O. The molecule has 0 saturated heterocycles. The van der Waals surface area contributed by atoms with E-state index in [1.165, 1.54) is 12.1 Å². The Labute approximate surface area is 181 Å². The second-order valence-electron chi connectivity index (χ2n) is 7.65. The molecule has 1 heterocycles. The summed E-state index contributed by atoms with van der Waals surface area (Å²) in [5.74, 6) is -0.226. The van der Waals surface area contributed by atoms with Crippen molar-refractivity contribution >= 4 is 29.1 Å². The highest BCUT2D eigenvalue weighted by atomic mass is 16.5. The Morgan fingerprint density at radius 2 is 1.71 bits per heavy atom. The van der Waals surface area contributed by atoms with Crippen LogP contribution in [0.15, 0.2) is 30.3 Å². The van der Waals surface area contributed by atoms with Crippen LogP contribution in [0.1, 0.15) is 41.8 Å². The minimum absolute atomic E-state index is 0.116. The van der Waals surface area contributed by atoms with E-state index in [1.54, 1.807) is 4.90 Å². The molecule has 0 radical (unpaired) electrons. The number of anilines is 2. The predicted molar refractivity (Wildman–Crippen MR) is 119 cm³/mol. The maximum atomic E-state index is 12.9. The number of aryl methyl sites for hydroxylation is 2. The zero-order valence-electron chi connectivity index (χ0n) is 18.2. The minimum Gasteiger partial charge on any atom is -0.455 e. The van der Waals surface area contributed by atoms with Crippen LogP contribution in [-0.2, 0) is 9.59 Å². The van der Waals surface area contributed by atoms with Crippen molar-refractivity contribution in [2.45, 2.75) is 40.2 Å². The molecule has 0 saturated carbocycles. The van der Waals surface area contributed by atoms with Crippen LogP contribution in [0.2, 0.25) is 0 Å². The molecule has 0 aliphatic carbocycles. The molecule has 3 rings (SSSR count). The van der Waals surface area contributed by atoms with Crippen molar-refractivity contribution < 1.29 is 19.1 Å². The Morgan fingerprint density at radius 1 is 1.06 bits per heavy atom. The van der Waals surface area contributed by atoms with E-state index >= 15 is 0 Å². The van der Waals surface area contributed by atoms with Gasteiger partial charge in [-0.05, 0) is 63.1 Å². The molecule has 4 N–H and O–H groups in total. The third kappa shape index (κ3) is 4.96. The molecule has 2 aromatic rings. The van der Waals surface area contributed by atoms with Gasteiger partial charge in [0, 0.05) is 13.1 Å². The van der Waals surface area contributed by atoms with Gasteiger partial charge in [0.05, 0.1) is 23.4 Å². The monoisotopic (exact) mass is 424 g/mol.